The molecule has 0 fully saturated rings. The molecule has 0 amide bonds. The van der Waals surface area contributed by atoms with Crippen molar-refractivity contribution in [1.82, 2.24) is 25.5 Å². The molecule has 9 nitrogen and oxygen atoms in total. The van der Waals surface area contributed by atoms with Crippen LogP contribution in [0.3, 0.4) is 0 Å². The fraction of sp³-hybridized carbons (Fsp3) is 0.250. The van der Waals surface area contributed by atoms with Crippen LogP contribution in [0.25, 0.3) is 0 Å². The molecule has 3 rings (SSSR count). The maximum Gasteiger partial charge on any atom is 0.327 e. The molecule has 0 saturated heterocycles. The lowest BCUT2D eigenvalue weighted by Gasteiger charge is -2.25. The number of nitrogens with one attached hydrogen (secondary N) is 1. The maximum absolute atomic E-state index is 13.4. The molecule has 156 valence electrons. The second-order valence-corrected chi connectivity index (χ2v) is 6.48. The molecule has 2 unspecified atom stereocenters. The normalized spacial score (nSPS) is 12.9. The molecule has 0 aliphatic carbocycles. The minimum atomic E-state index is -1.03. The summed E-state index contributed by atoms with van der Waals surface area (Å²) < 4.78 is 19.3. The molecule has 0 spiro atoms. The highest BCUT2D eigenvalue weighted by Crippen LogP contribution is 2.26. The molecular weight excluding hydrogens is 393 g/mol. The summed E-state index contributed by atoms with van der Waals surface area (Å²) in [6.07, 6.45) is -0.256. The number of methoxy groups -OCH3 is 1. The Kier molecular flexibility index (Phi) is 6.81. The molecule has 1 heterocycles. The van der Waals surface area contributed by atoms with Crippen molar-refractivity contribution in [3.63, 3.8) is 0 Å². The molecular formula is C20H20FN5O4. The van der Waals surface area contributed by atoms with Gasteiger partial charge < -0.3 is 9.84 Å². The number of benzene rings is 2. The Morgan fingerprint density at radius 3 is 2.47 bits per heavy atom. The first-order valence-electron chi connectivity index (χ1n) is 9.09. The number of hydrogen-bond donors (Lipinski definition) is 2. The molecule has 30 heavy (non-hydrogen) atoms. The van der Waals surface area contributed by atoms with Crippen molar-refractivity contribution in [2.45, 2.75) is 25.0 Å². The van der Waals surface area contributed by atoms with Gasteiger partial charge in [-0.1, -0.05) is 42.5 Å². The van der Waals surface area contributed by atoms with Crippen molar-refractivity contribution in [2.24, 2.45) is 0 Å². The molecule has 3 aromatic rings. The van der Waals surface area contributed by atoms with Crippen LogP contribution in [0.5, 0.6) is 0 Å². The zero-order valence-electron chi connectivity index (χ0n) is 16.1. The second-order valence-electron chi connectivity index (χ2n) is 6.48. The van der Waals surface area contributed by atoms with Crippen LogP contribution >= 0.6 is 0 Å². The zero-order valence-corrected chi connectivity index (χ0v) is 16.1. The van der Waals surface area contributed by atoms with E-state index in [0.29, 0.717) is 11.4 Å². The average Bonchev–Trinajstić information content (AvgIpc) is 3.19. The van der Waals surface area contributed by atoms with Crippen LogP contribution < -0.4 is 5.32 Å². The van der Waals surface area contributed by atoms with E-state index in [9.17, 15) is 19.1 Å². The van der Waals surface area contributed by atoms with Crippen LogP contribution in [0.4, 0.5) is 4.39 Å². The van der Waals surface area contributed by atoms with Crippen molar-refractivity contribution in [2.75, 3.05) is 7.11 Å². The number of aliphatic carboxylic acids is 1. The Balaban J connectivity index is 2.00. The number of halogens is 1. The topological polar surface area (TPSA) is 119 Å². The van der Waals surface area contributed by atoms with Crippen molar-refractivity contribution in [1.29, 1.82) is 0 Å². The monoisotopic (exact) mass is 413 g/mol. The van der Waals surface area contributed by atoms with E-state index in [4.69, 9.17) is 0 Å². The number of carbonyl (C=O) groups is 2. The number of nitrogens with zero attached hydrogens (tertiary/aromatic N) is 4. The molecule has 2 N–H and O–H groups in total. The van der Waals surface area contributed by atoms with E-state index in [1.807, 2.05) is 30.3 Å². The molecule has 10 heteroatoms. The summed E-state index contributed by atoms with van der Waals surface area (Å²) in [5, 5.41) is 24.2. The summed E-state index contributed by atoms with van der Waals surface area (Å²) in [5.74, 6) is -1.67. The number of ether oxygens (including phenoxy) is 1. The molecule has 0 saturated carbocycles. The SMILES string of the molecule is COC(=O)Cn1nnnc1C(NC(CC(=O)O)c1ccc(F)cc1)c1ccccc1. The first kappa shape index (κ1) is 21.1. The molecule has 0 radical (unpaired) electrons. The largest absolute Gasteiger partial charge is 0.481 e. The quantitative estimate of drug-likeness (QED) is 0.511. The number of rotatable bonds is 9. The number of carbonyl (C=O) groups excluding carboxylic acids is 1. The molecule has 0 bridgehead atoms. The van der Waals surface area contributed by atoms with Crippen LogP contribution in [0.2, 0.25) is 0 Å². The Morgan fingerprint density at radius 2 is 1.83 bits per heavy atom. The summed E-state index contributed by atoms with van der Waals surface area (Å²) >= 11 is 0. The van der Waals surface area contributed by atoms with Gasteiger partial charge in [-0.2, -0.15) is 0 Å². The van der Waals surface area contributed by atoms with Gasteiger partial charge in [-0.05, 0) is 33.7 Å². The fourth-order valence-corrected chi connectivity index (χ4v) is 3.03. The van der Waals surface area contributed by atoms with Gasteiger partial charge in [0.05, 0.1) is 19.6 Å². The van der Waals surface area contributed by atoms with Gasteiger partial charge in [0, 0.05) is 6.04 Å². The van der Waals surface area contributed by atoms with E-state index in [0.717, 1.165) is 5.56 Å². The summed E-state index contributed by atoms with van der Waals surface area (Å²) in [4.78, 5) is 23.2. The molecule has 2 atom stereocenters. The van der Waals surface area contributed by atoms with Crippen LogP contribution in [0.1, 0.15) is 35.5 Å². The Bertz CT molecular complexity index is 994. The lowest BCUT2D eigenvalue weighted by atomic mass is 9.99. The summed E-state index contributed by atoms with van der Waals surface area (Å²) in [6.45, 7) is -0.204. The predicted molar refractivity (Wildman–Crippen MR) is 103 cm³/mol. The van der Waals surface area contributed by atoms with Crippen LogP contribution in [0, 0.1) is 5.82 Å². The standard InChI is InChI=1S/C20H20FN5O4/c1-30-18(29)12-26-20(23-24-25-26)19(14-5-3-2-4-6-14)22-16(11-17(27)28)13-7-9-15(21)10-8-13/h2-10,16,19,22H,11-12H2,1H3,(H,27,28). The number of tetrazole rings is 1. The third-order valence-corrected chi connectivity index (χ3v) is 4.48. The van der Waals surface area contributed by atoms with Crippen molar-refractivity contribution in [3.8, 4) is 0 Å². The zero-order chi connectivity index (χ0) is 21.5. The van der Waals surface area contributed by atoms with Crippen molar-refractivity contribution in [3.05, 3.63) is 77.4 Å². The van der Waals surface area contributed by atoms with Gasteiger partial charge in [0.1, 0.15) is 12.4 Å². The Morgan fingerprint density at radius 1 is 1.13 bits per heavy atom. The maximum atomic E-state index is 13.4. The number of esters is 1. The Labute approximate surface area is 171 Å². The van der Waals surface area contributed by atoms with E-state index in [2.05, 4.69) is 25.6 Å². The number of aromatic nitrogens is 4. The lowest BCUT2D eigenvalue weighted by Crippen LogP contribution is -2.32. The van der Waals surface area contributed by atoms with E-state index in [1.54, 1.807) is 0 Å². The predicted octanol–water partition coefficient (Wildman–Crippen LogP) is 1.88. The van der Waals surface area contributed by atoms with Crippen LogP contribution in [-0.2, 0) is 20.9 Å². The van der Waals surface area contributed by atoms with Crippen LogP contribution in [-0.4, -0.2) is 44.4 Å². The van der Waals surface area contributed by atoms with Crippen molar-refractivity contribution >= 4 is 11.9 Å². The second kappa shape index (κ2) is 9.70. The van der Waals surface area contributed by atoms with Gasteiger partial charge in [-0.3, -0.25) is 14.9 Å². The smallest absolute Gasteiger partial charge is 0.327 e. The van der Waals surface area contributed by atoms with Gasteiger partial charge in [0.2, 0.25) is 0 Å². The molecule has 2 aromatic carbocycles. The van der Waals surface area contributed by atoms with Gasteiger partial charge in [-0.25, -0.2) is 9.07 Å². The average molecular weight is 413 g/mol. The van der Waals surface area contributed by atoms with Crippen LogP contribution in [0.15, 0.2) is 54.6 Å². The fourth-order valence-electron chi connectivity index (χ4n) is 3.03. The highest BCUT2D eigenvalue weighted by atomic mass is 19.1. The third kappa shape index (κ3) is 5.23. The molecule has 0 aliphatic heterocycles. The first-order chi connectivity index (χ1) is 14.5. The highest BCUT2D eigenvalue weighted by Gasteiger charge is 2.27. The third-order valence-electron chi connectivity index (χ3n) is 4.48. The lowest BCUT2D eigenvalue weighted by molar-refractivity contribution is -0.141. The van der Waals surface area contributed by atoms with E-state index in [-0.39, 0.29) is 13.0 Å². The number of carboxylic acid groups (broad SMARTS) is 1. The Hall–Kier alpha value is -3.66. The first-order valence-corrected chi connectivity index (χ1v) is 9.09. The van der Waals surface area contributed by atoms with Crippen molar-refractivity contribution < 1.29 is 23.8 Å². The minimum absolute atomic E-state index is 0.204. The van der Waals surface area contributed by atoms with E-state index in [1.165, 1.54) is 36.1 Å². The minimum Gasteiger partial charge on any atom is -0.481 e. The van der Waals surface area contributed by atoms with Gasteiger partial charge in [-0.15, -0.1) is 5.10 Å². The molecule has 0 aliphatic rings. The molecule has 1 aromatic heterocycles. The van der Waals surface area contributed by atoms with Gasteiger partial charge in [0.15, 0.2) is 5.82 Å². The number of hydrogen-bond acceptors (Lipinski definition) is 7. The summed E-state index contributed by atoms with van der Waals surface area (Å²) in [7, 11) is 1.26. The van der Waals surface area contributed by atoms with Gasteiger partial charge >= 0.3 is 11.9 Å². The van der Waals surface area contributed by atoms with Gasteiger partial charge in [0.25, 0.3) is 0 Å². The summed E-state index contributed by atoms with van der Waals surface area (Å²) in [6, 6.07) is 13.4. The summed E-state index contributed by atoms with van der Waals surface area (Å²) in [5.41, 5.74) is 1.35. The van der Waals surface area contributed by atoms with E-state index < -0.39 is 29.8 Å². The number of carboxylic acids is 1. The van der Waals surface area contributed by atoms with E-state index >= 15 is 0 Å². The highest BCUT2D eigenvalue weighted by molar-refractivity contribution is 5.69.